The number of rotatable bonds is 4. The molecule has 162 valence electrons. The largest absolute Gasteiger partial charge is 0.481 e. The molecule has 1 aromatic carbocycles. The van der Waals surface area contributed by atoms with Gasteiger partial charge in [0.15, 0.2) is 17.3 Å². The van der Waals surface area contributed by atoms with Crippen LogP contribution < -0.4 is 5.73 Å². The lowest BCUT2D eigenvalue weighted by atomic mass is 10.0. The van der Waals surface area contributed by atoms with Crippen LogP contribution in [-0.2, 0) is 11.2 Å². The van der Waals surface area contributed by atoms with Gasteiger partial charge < -0.3 is 10.8 Å². The number of aromatic nitrogens is 6. The molecule has 0 radical (unpaired) electrons. The van der Waals surface area contributed by atoms with Crippen molar-refractivity contribution < 1.29 is 9.90 Å². The molecule has 33 heavy (non-hydrogen) atoms. The highest BCUT2D eigenvalue weighted by atomic mass is 16.4. The van der Waals surface area contributed by atoms with Gasteiger partial charge in [-0.2, -0.15) is 5.10 Å². The highest BCUT2D eigenvalue weighted by molar-refractivity contribution is 5.84. The van der Waals surface area contributed by atoms with Crippen molar-refractivity contribution >= 4 is 23.0 Å². The zero-order valence-corrected chi connectivity index (χ0v) is 17.5. The van der Waals surface area contributed by atoms with Crippen LogP contribution in [0.2, 0.25) is 0 Å². The average Bonchev–Trinajstić information content (AvgIpc) is 3.56. The smallest absolute Gasteiger partial charge is 0.310 e. The Morgan fingerprint density at radius 2 is 2.00 bits per heavy atom. The van der Waals surface area contributed by atoms with E-state index in [-0.39, 0.29) is 0 Å². The zero-order chi connectivity index (χ0) is 22.5. The molecule has 9 nitrogen and oxygen atoms in total. The molecule has 0 saturated carbocycles. The molecule has 4 heterocycles. The minimum atomic E-state index is -0.788. The van der Waals surface area contributed by atoms with Crippen molar-refractivity contribution in [1.29, 1.82) is 0 Å². The number of benzene rings is 1. The molecule has 6 rings (SSSR count). The van der Waals surface area contributed by atoms with Gasteiger partial charge >= 0.3 is 5.97 Å². The Kier molecular flexibility index (Phi) is 4.22. The van der Waals surface area contributed by atoms with Gasteiger partial charge in [-0.25, -0.2) is 19.6 Å². The number of aliphatic carboxylic acids is 1. The predicted octanol–water partition coefficient (Wildman–Crippen LogP) is 3.36. The molecule has 1 atom stereocenters. The maximum atomic E-state index is 11.6. The summed E-state index contributed by atoms with van der Waals surface area (Å²) in [6, 6.07) is 15.1. The fraction of sp³-hybridized carbons (Fsp3) is 0.125. The summed E-state index contributed by atoms with van der Waals surface area (Å²) in [5, 5.41) is 13.8. The Labute approximate surface area is 188 Å². The Bertz CT molecular complexity index is 1520. The van der Waals surface area contributed by atoms with Gasteiger partial charge in [0.05, 0.1) is 11.5 Å². The third kappa shape index (κ3) is 3.05. The third-order valence-corrected chi connectivity index (χ3v) is 6.07. The molecule has 1 unspecified atom stereocenters. The Balaban J connectivity index is 1.61. The summed E-state index contributed by atoms with van der Waals surface area (Å²) in [7, 11) is 0. The summed E-state index contributed by atoms with van der Waals surface area (Å²) in [5.74, 6) is 0.392. The van der Waals surface area contributed by atoms with Gasteiger partial charge in [0.25, 0.3) is 0 Å². The van der Waals surface area contributed by atoms with E-state index in [1.165, 1.54) is 0 Å². The predicted molar refractivity (Wildman–Crippen MR) is 122 cm³/mol. The molecular weight excluding hydrogens is 418 g/mol. The fourth-order valence-corrected chi connectivity index (χ4v) is 4.51. The highest BCUT2D eigenvalue weighted by Crippen LogP contribution is 2.37. The van der Waals surface area contributed by atoms with Crippen molar-refractivity contribution in [2.45, 2.75) is 18.8 Å². The van der Waals surface area contributed by atoms with Crippen LogP contribution >= 0.6 is 0 Å². The van der Waals surface area contributed by atoms with Crippen molar-refractivity contribution in [2.75, 3.05) is 5.73 Å². The van der Waals surface area contributed by atoms with Gasteiger partial charge in [-0.15, -0.1) is 0 Å². The molecular formula is C24H19N7O2. The number of imidazole rings is 1. The SMILES string of the molecule is Nc1ncccc1-c1nc2ccc(-n3cccn3)nc2n1-c1ccc2c(c1)CCC2C(=O)O. The van der Waals surface area contributed by atoms with E-state index >= 15 is 0 Å². The van der Waals surface area contributed by atoms with Crippen molar-refractivity contribution in [3.8, 4) is 22.9 Å². The maximum absolute atomic E-state index is 11.6. The Morgan fingerprint density at radius 3 is 2.79 bits per heavy atom. The molecule has 9 heteroatoms. The summed E-state index contributed by atoms with van der Waals surface area (Å²) in [6.45, 7) is 0. The first-order chi connectivity index (χ1) is 16.1. The second kappa shape index (κ2) is 7.27. The number of carboxylic acids is 1. The normalized spacial score (nSPS) is 15.1. The van der Waals surface area contributed by atoms with Crippen molar-refractivity contribution in [1.82, 2.24) is 29.3 Å². The van der Waals surface area contributed by atoms with E-state index < -0.39 is 11.9 Å². The Morgan fingerprint density at radius 1 is 1.09 bits per heavy atom. The van der Waals surface area contributed by atoms with Crippen LogP contribution in [0.15, 0.2) is 67.1 Å². The van der Waals surface area contributed by atoms with Crippen LogP contribution in [0.4, 0.5) is 5.82 Å². The van der Waals surface area contributed by atoms with E-state index in [1.54, 1.807) is 17.1 Å². The second-order valence-electron chi connectivity index (χ2n) is 7.98. The topological polar surface area (TPSA) is 125 Å². The van der Waals surface area contributed by atoms with E-state index in [4.69, 9.17) is 15.7 Å². The zero-order valence-electron chi connectivity index (χ0n) is 17.5. The Hall–Kier alpha value is -4.53. The number of carboxylic acid groups (broad SMARTS) is 1. The number of anilines is 1. The summed E-state index contributed by atoms with van der Waals surface area (Å²) in [6.07, 6.45) is 6.48. The summed E-state index contributed by atoms with van der Waals surface area (Å²) in [4.78, 5) is 25.5. The van der Waals surface area contributed by atoms with Crippen molar-refractivity contribution in [2.24, 2.45) is 0 Å². The van der Waals surface area contributed by atoms with Gasteiger partial charge in [-0.1, -0.05) is 6.07 Å². The van der Waals surface area contributed by atoms with Crippen LogP contribution in [0.25, 0.3) is 34.1 Å². The van der Waals surface area contributed by atoms with Gasteiger partial charge in [0.1, 0.15) is 11.3 Å². The first-order valence-electron chi connectivity index (χ1n) is 10.6. The molecule has 0 aliphatic heterocycles. The minimum absolute atomic E-state index is 0.369. The molecule has 5 aromatic rings. The number of nitrogens with two attached hydrogens (primary N) is 1. The summed E-state index contributed by atoms with van der Waals surface area (Å²) in [5.41, 5.74) is 11.0. The van der Waals surface area contributed by atoms with Crippen molar-refractivity contribution in [3.05, 3.63) is 78.2 Å². The molecule has 0 bridgehead atoms. The fourth-order valence-electron chi connectivity index (χ4n) is 4.51. The third-order valence-electron chi connectivity index (χ3n) is 6.07. The first-order valence-corrected chi connectivity index (χ1v) is 10.6. The molecule has 1 aliphatic carbocycles. The van der Waals surface area contributed by atoms with E-state index in [0.717, 1.165) is 16.8 Å². The quantitative estimate of drug-likeness (QED) is 0.442. The number of aryl methyl sites for hydroxylation is 1. The van der Waals surface area contributed by atoms with Crippen molar-refractivity contribution in [3.63, 3.8) is 0 Å². The minimum Gasteiger partial charge on any atom is -0.481 e. The molecule has 0 amide bonds. The lowest BCUT2D eigenvalue weighted by molar-refractivity contribution is -0.138. The summed E-state index contributed by atoms with van der Waals surface area (Å²) < 4.78 is 3.64. The lowest BCUT2D eigenvalue weighted by Gasteiger charge is -2.13. The van der Waals surface area contributed by atoms with E-state index in [0.29, 0.717) is 47.0 Å². The number of pyridine rings is 2. The maximum Gasteiger partial charge on any atom is 0.310 e. The number of hydrogen-bond acceptors (Lipinski definition) is 6. The van der Waals surface area contributed by atoms with Crippen LogP contribution in [0.3, 0.4) is 0 Å². The monoisotopic (exact) mass is 437 g/mol. The summed E-state index contributed by atoms with van der Waals surface area (Å²) >= 11 is 0. The number of carbonyl (C=O) groups is 1. The van der Waals surface area contributed by atoms with E-state index in [9.17, 15) is 9.90 Å². The second-order valence-corrected chi connectivity index (χ2v) is 7.98. The number of nitrogen functional groups attached to an aromatic ring is 1. The lowest BCUT2D eigenvalue weighted by Crippen LogP contribution is -2.08. The standard InChI is InChI=1S/C24H19N7O2/c25-21-18(3-1-10-26-21)22-28-19-8-9-20(30-12-2-11-27-30)29-23(19)31(22)15-5-7-16-14(13-15)4-6-17(16)24(32)33/h1-3,5,7-13,17H,4,6H2,(H2,25,26)(H,32,33). The van der Waals surface area contributed by atoms with Gasteiger partial charge in [-0.3, -0.25) is 9.36 Å². The molecule has 0 spiro atoms. The van der Waals surface area contributed by atoms with E-state index in [1.807, 2.05) is 59.3 Å². The number of fused-ring (bicyclic) bond motifs is 2. The van der Waals surface area contributed by atoms with Crippen LogP contribution in [0.1, 0.15) is 23.5 Å². The number of hydrogen-bond donors (Lipinski definition) is 2. The van der Waals surface area contributed by atoms with Gasteiger partial charge in [0.2, 0.25) is 0 Å². The van der Waals surface area contributed by atoms with E-state index in [2.05, 4.69) is 10.1 Å². The van der Waals surface area contributed by atoms with Gasteiger partial charge in [-0.05, 0) is 66.4 Å². The van der Waals surface area contributed by atoms with Gasteiger partial charge in [0, 0.05) is 24.3 Å². The molecule has 0 fully saturated rings. The van der Waals surface area contributed by atoms with Crippen LogP contribution in [-0.4, -0.2) is 40.4 Å². The number of nitrogens with zero attached hydrogens (tertiary/aromatic N) is 6. The molecule has 3 N–H and O–H groups in total. The molecule has 1 aliphatic rings. The molecule has 0 saturated heterocycles. The average molecular weight is 437 g/mol. The van der Waals surface area contributed by atoms with Crippen LogP contribution in [0.5, 0.6) is 0 Å². The molecule has 4 aromatic heterocycles. The first kappa shape index (κ1) is 19.2. The van der Waals surface area contributed by atoms with Crippen LogP contribution in [0, 0.1) is 0 Å². The highest BCUT2D eigenvalue weighted by Gasteiger charge is 2.29.